The molecule has 0 radical (unpaired) electrons. The molecule has 0 aromatic heterocycles. The number of nitrogens with zero attached hydrogens (tertiary/aromatic N) is 1. The number of nitrogens with one attached hydrogen (secondary N) is 2. The smallest absolute Gasteiger partial charge is 0.249 e. The highest BCUT2D eigenvalue weighted by Gasteiger charge is 2.33. The van der Waals surface area contributed by atoms with Crippen molar-refractivity contribution < 1.29 is 9.59 Å². The molecule has 2 N–H and O–H groups in total. The van der Waals surface area contributed by atoms with Gasteiger partial charge in [0.15, 0.2) is 0 Å². The monoisotopic (exact) mass is 289 g/mol. The van der Waals surface area contributed by atoms with Crippen molar-refractivity contribution in [3.63, 3.8) is 0 Å². The van der Waals surface area contributed by atoms with Crippen molar-refractivity contribution in [2.75, 3.05) is 18.0 Å². The van der Waals surface area contributed by atoms with E-state index in [1.54, 1.807) is 0 Å². The maximum atomic E-state index is 12.0. The summed E-state index contributed by atoms with van der Waals surface area (Å²) < 4.78 is 0. The quantitative estimate of drug-likeness (QED) is 0.808. The first-order valence-electron chi connectivity index (χ1n) is 7.51. The van der Waals surface area contributed by atoms with Gasteiger partial charge >= 0.3 is 0 Å². The maximum absolute atomic E-state index is 12.0. The summed E-state index contributed by atoms with van der Waals surface area (Å²) in [7, 11) is 0. The van der Waals surface area contributed by atoms with Crippen LogP contribution in [0.15, 0.2) is 24.3 Å². The Hall–Kier alpha value is -1.88. The second-order valence-electron chi connectivity index (χ2n) is 5.30. The van der Waals surface area contributed by atoms with E-state index in [1.165, 1.54) is 0 Å². The maximum Gasteiger partial charge on any atom is 0.249 e. The van der Waals surface area contributed by atoms with Gasteiger partial charge in [-0.1, -0.05) is 32.0 Å². The summed E-state index contributed by atoms with van der Waals surface area (Å²) in [6, 6.07) is 7.84. The molecule has 2 atom stereocenters. The van der Waals surface area contributed by atoms with Crippen LogP contribution >= 0.6 is 0 Å². The number of carbonyl (C=O) groups is 2. The molecule has 5 heteroatoms. The number of anilines is 1. The molecule has 0 aliphatic carbocycles. The molecule has 5 nitrogen and oxygen atoms in total. The fraction of sp³-hybridized carbons (Fsp3) is 0.500. The van der Waals surface area contributed by atoms with Gasteiger partial charge in [0.2, 0.25) is 11.8 Å². The fourth-order valence-corrected chi connectivity index (χ4v) is 2.86. The Kier molecular flexibility index (Phi) is 4.96. The van der Waals surface area contributed by atoms with Crippen LogP contribution in [0.4, 0.5) is 5.69 Å². The van der Waals surface area contributed by atoms with E-state index < -0.39 is 0 Å². The Morgan fingerprint density at radius 2 is 2.05 bits per heavy atom. The molecule has 0 spiro atoms. The average molecular weight is 289 g/mol. The van der Waals surface area contributed by atoms with Crippen LogP contribution in [0.1, 0.15) is 38.8 Å². The topological polar surface area (TPSA) is 61.4 Å². The molecule has 114 valence electrons. The minimum absolute atomic E-state index is 0.170. The minimum atomic E-state index is -0.294. The number of benzene rings is 1. The van der Waals surface area contributed by atoms with Crippen molar-refractivity contribution in [3.8, 4) is 0 Å². The first-order valence-corrected chi connectivity index (χ1v) is 7.51. The number of hydrogen-bond donors (Lipinski definition) is 2. The van der Waals surface area contributed by atoms with Crippen molar-refractivity contribution in [3.05, 3.63) is 29.8 Å². The second kappa shape index (κ2) is 6.72. The summed E-state index contributed by atoms with van der Waals surface area (Å²) in [6.07, 6.45) is 0.670. The van der Waals surface area contributed by atoms with E-state index in [2.05, 4.69) is 24.5 Å². The van der Waals surface area contributed by atoms with E-state index in [0.29, 0.717) is 6.42 Å². The van der Waals surface area contributed by atoms with Crippen LogP contribution in [0.3, 0.4) is 0 Å². The second-order valence-corrected chi connectivity index (χ2v) is 5.30. The first kappa shape index (κ1) is 15.5. The van der Waals surface area contributed by atoms with Crippen molar-refractivity contribution in [1.29, 1.82) is 0 Å². The molecule has 0 saturated carbocycles. The molecular formula is C16H23N3O2. The Balaban J connectivity index is 2.39. The van der Waals surface area contributed by atoms with Gasteiger partial charge < -0.3 is 10.2 Å². The Morgan fingerprint density at radius 1 is 1.33 bits per heavy atom. The SMILES string of the molecule is CCNC(C)c1ccccc1N1CC(=O)NC(=O)C1CC. The van der Waals surface area contributed by atoms with Crippen LogP contribution in [0.2, 0.25) is 0 Å². The van der Waals surface area contributed by atoms with Crippen molar-refractivity contribution in [2.45, 2.75) is 39.3 Å². The van der Waals surface area contributed by atoms with Crippen LogP contribution in [-0.4, -0.2) is 30.9 Å². The van der Waals surface area contributed by atoms with Crippen molar-refractivity contribution in [1.82, 2.24) is 10.6 Å². The largest absolute Gasteiger partial charge is 0.350 e. The van der Waals surface area contributed by atoms with E-state index in [1.807, 2.05) is 36.1 Å². The van der Waals surface area contributed by atoms with Crippen LogP contribution in [0.5, 0.6) is 0 Å². The zero-order chi connectivity index (χ0) is 15.4. The first-order chi connectivity index (χ1) is 10.1. The Labute approximate surface area is 125 Å². The number of rotatable bonds is 5. The molecular weight excluding hydrogens is 266 g/mol. The van der Waals surface area contributed by atoms with Gasteiger partial charge in [0.25, 0.3) is 0 Å². The molecule has 1 aromatic carbocycles. The molecule has 2 amide bonds. The number of imide groups is 1. The van der Waals surface area contributed by atoms with Crippen LogP contribution in [-0.2, 0) is 9.59 Å². The molecule has 1 saturated heterocycles. The van der Waals surface area contributed by atoms with Crippen molar-refractivity contribution in [2.24, 2.45) is 0 Å². The van der Waals surface area contributed by atoms with Gasteiger partial charge in [-0.2, -0.15) is 0 Å². The predicted octanol–water partition coefficient (Wildman–Crippen LogP) is 1.60. The fourth-order valence-electron chi connectivity index (χ4n) is 2.86. The molecule has 1 aromatic rings. The lowest BCUT2D eigenvalue weighted by molar-refractivity contribution is -0.132. The molecule has 1 heterocycles. The summed E-state index contributed by atoms with van der Waals surface area (Å²) in [5.74, 6) is -0.449. The van der Waals surface area contributed by atoms with Gasteiger partial charge in [0.05, 0.1) is 6.54 Å². The third-order valence-corrected chi connectivity index (χ3v) is 3.87. The van der Waals surface area contributed by atoms with Crippen molar-refractivity contribution >= 4 is 17.5 Å². The van der Waals surface area contributed by atoms with E-state index in [0.717, 1.165) is 17.8 Å². The van der Waals surface area contributed by atoms with Gasteiger partial charge in [-0.05, 0) is 31.5 Å². The minimum Gasteiger partial charge on any atom is -0.350 e. The summed E-state index contributed by atoms with van der Waals surface area (Å²) in [4.78, 5) is 25.7. The van der Waals surface area contributed by atoms with E-state index >= 15 is 0 Å². The number of para-hydroxylation sites is 1. The van der Waals surface area contributed by atoms with Gasteiger partial charge in [-0.15, -0.1) is 0 Å². The third kappa shape index (κ3) is 3.24. The molecule has 0 bridgehead atoms. The summed E-state index contributed by atoms with van der Waals surface area (Å²) in [5, 5.41) is 5.80. The molecule has 21 heavy (non-hydrogen) atoms. The van der Waals surface area contributed by atoms with Gasteiger partial charge in [-0.3, -0.25) is 14.9 Å². The molecule has 2 rings (SSSR count). The van der Waals surface area contributed by atoms with Crippen LogP contribution in [0, 0.1) is 0 Å². The zero-order valence-electron chi connectivity index (χ0n) is 12.8. The van der Waals surface area contributed by atoms with E-state index in [4.69, 9.17) is 0 Å². The number of amides is 2. The number of piperazine rings is 1. The average Bonchev–Trinajstić information content (AvgIpc) is 2.47. The predicted molar refractivity (Wildman–Crippen MR) is 83.1 cm³/mol. The lowest BCUT2D eigenvalue weighted by atomic mass is 10.0. The van der Waals surface area contributed by atoms with Gasteiger partial charge in [0.1, 0.15) is 6.04 Å². The molecule has 1 fully saturated rings. The number of hydrogen-bond acceptors (Lipinski definition) is 4. The Bertz CT molecular complexity index is 530. The van der Waals surface area contributed by atoms with Gasteiger partial charge in [0, 0.05) is 11.7 Å². The van der Waals surface area contributed by atoms with Gasteiger partial charge in [-0.25, -0.2) is 0 Å². The van der Waals surface area contributed by atoms with Crippen LogP contribution < -0.4 is 15.5 Å². The summed E-state index contributed by atoms with van der Waals surface area (Å²) in [6.45, 7) is 7.20. The standard InChI is InChI=1S/C16H23N3O2/c1-4-13-16(21)18-15(20)10-19(13)14-9-7-6-8-12(14)11(3)17-5-2/h6-9,11,13,17H,4-5,10H2,1-3H3,(H,18,20,21). The lowest BCUT2D eigenvalue weighted by Gasteiger charge is -2.37. The summed E-state index contributed by atoms with van der Waals surface area (Å²) >= 11 is 0. The molecule has 1 aliphatic heterocycles. The highest BCUT2D eigenvalue weighted by Crippen LogP contribution is 2.29. The highest BCUT2D eigenvalue weighted by molar-refractivity contribution is 6.04. The summed E-state index contributed by atoms with van der Waals surface area (Å²) in [5.41, 5.74) is 2.07. The number of carbonyl (C=O) groups excluding carboxylic acids is 2. The zero-order valence-corrected chi connectivity index (χ0v) is 12.8. The highest BCUT2D eigenvalue weighted by atomic mass is 16.2. The normalized spacial score (nSPS) is 20.3. The van der Waals surface area contributed by atoms with E-state index in [-0.39, 0.29) is 30.4 Å². The lowest BCUT2D eigenvalue weighted by Crippen LogP contribution is -2.58. The molecule has 1 aliphatic rings. The van der Waals surface area contributed by atoms with E-state index in [9.17, 15) is 9.59 Å². The Morgan fingerprint density at radius 3 is 2.71 bits per heavy atom. The molecule has 2 unspecified atom stereocenters. The van der Waals surface area contributed by atoms with Crippen LogP contribution in [0.25, 0.3) is 0 Å². The third-order valence-electron chi connectivity index (χ3n) is 3.87.